The highest BCUT2D eigenvalue weighted by Gasteiger charge is 2.15. The molecule has 0 bridgehead atoms. The van der Waals surface area contributed by atoms with E-state index in [0.717, 1.165) is 5.56 Å². The van der Waals surface area contributed by atoms with Gasteiger partial charge in [-0.05, 0) is 54.1 Å². The number of hydrogen-bond donors (Lipinski definition) is 1. The highest BCUT2D eigenvalue weighted by Crippen LogP contribution is 2.21. The van der Waals surface area contributed by atoms with E-state index in [9.17, 15) is 9.59 Å². The van der Waals surface area contributed by atoms with Crippen LogP contribution in [0.25, 0.3) is 16.9 Å². The number of amides is 1. The first kappa shape index (κ1) is 21.5. The molecule has 7 nitrogen and oxygen atoms in total. The lowest BCUT2D eigenvalue weighted by Crippen LogP contribution is -2.25. The summed E-state index contributed by atoms with van der Waals surface area (Å²) in [6.07, 6.45) is 5.34. The second kappa shape index (κ2) is 9.25. The molecule has 5 aromatic rings. The van der Waals surface area contributed by atoms with E-state index in [2.05, 4.69) is 20.3 Å². The minimum Gasteiger partial charge on any atom is -0.322 e. The summed E-state index contributed by atoms with van der Waals surface area (Å²) >= 11 is 6.16. The van der Waals surface area contributed by atoms with E-state index in [0.29, 0.717) is 45.2 Å². The molecule has 34 heavy (non-hydrogen) atoms. The van der Waals surface area contributed by atoms with E-state index in [-0.39, 0.29) is 11.5 Å². The summed E-state index contributed by atoms with van der Waals surface area (Å²) in [4.78, 5) is 39.3. The molecule has 0 atom stereocenters. The number of pyridine rings is 2. The van der Waals surface area contributed by atoms with Crippen LogP contribution in [0.2, 0.25) is 5.02 Å². The highest BCUT2D eigenvalue weighted by atomic mass is 35.5. The molecule has 8 heteroatoms. The van der Waals surface area contributed by atoms with Gasteiger partial charge in [-0.2, -0.15) is 0 Å². The van der Waals surface area contributed by atoms with Gasteiger partial charge in [-0.1, -0.05) is 35.9 Å². The maximum atomic E-state index is 13.5. The third kappa shape index (κ3) is 4.29. The Morgan fingerprint density at radius 3 is 2.65 bits per heavy atom. The number of anilines is 1. The van der Waals surface area contributed by atoms with Crippen LogP contribution in [0.5, 0.6) is 0 Å². The van der Waals surface area contributed by atoms with Gasteiger partial charge in [-0.25, -0.2) is 9.97 Å². The topological polar surface area (TPSA) is 89.8 Å². The zero-order chi connectivity index (χ0) is 23.5. The average Bonchev–Trinajstić information content (AvgIpc) is 2.85. The molecule has 0 saturated heterocycles. The number of rotatable bonds is 5. The largest absolute Gasteiger partial charge is 0.322 e. The van der Waals surface area contributed by atoms with Gasteiger partial charge in [0.1, 0.15) is 11.2 Å². The molecule has 0 spiro atoms. The van der Waals surface area contributed by atoms with Crippen LogP contribution in [0.15, 0.2) is 96.2 Å². The van der Waals surface area contributed by atoms with Crippen LogP contribution in [0.4, 0.5) is 5.69 Å². The van der Waals surface area contributed by atoms with Gasteiger partial charge in [0.25, 0.3) is 11.5 Å². The summed E-state index contributed by atoms with van der Waals surface area (Å²) in [6.45, 7) is 0. The van der Waals surface area contributed by atoms with Crippen molar-refractivity contribution >= 4 is 34.4 Å². The number of nitrogens with zero attached hydrogens (tertiary/aromatic N) is 4. The lowest BCUT2D eigenvalue weighted by atomic mass is 10.1. The van der Waals surface area contributed by atoms with Crippen LogP contribution in [-0.2, 0) is 6.42 Å². The van der Waals surface area contributed by atoms with Crippen molar-refractivity contribution in [2.75, 3.05) is 5.32 Å². The Hall–Kier alpha value is -4.36. The molecular weight excluding hydrogens is 450 g/mol. The van der Waals surface area contributed by atoms with E-state index in [1.165, 1.54) is 4.57 Å². The summed E-state index contributed by atoms with van der Waals surface area (Å²) in [5.41, 5.74) is 3.42. The Bertz CT molecular complexity index is 1570. The molecule has 0 aliphatic heterocycles. The number of nitrogens with one attached hydrogen (secondary N) is 1. The fraction of sp³-hybridized carbons (Fsp3) is 0.0385. The lowest BCUT2D eigenvalue weighted by molar-refractivity contribution is 0.102. The zero-order valence-corrected chi connectivity index (χ0v) is 18.6. The van der Waals surface area contributed by atoms with Crippen molar-refractivity contribution in [1.82, 2.24) is 19.5 Å². The van der Waals surface area contributed by atoms with Crippen molar-refractivity contribution in [2.24, 2.45) is 0 Å². The predicted octanol–water partition coefficient (Wildman–Crippen LogP) is 4.67. The Kier molecular flexibility index (Phi) is 5.84. The Balaban J connectivity index is 1.58. The summed E-state index contributed by atoms with van der Waals surface area (Å²) in [5.74, 6) is -0.343. The molecular formula is C26H18ClN5O2. The molecule has 3 heterocycles. The summed E-state index contributed by atoms with van der Waals surface area (Å²) in [7, 11) is 0. The van der Waals surface area contributed by atoms with Crippen LogP contribution in [-0.4, -0.2) is 25.4 Å². The fourth-order valence-corrected chi connectivity index (χ4v) is 3.91. The molecule has 3 aromatic heterocycles. The quantitative estimate of drug-likeness (QED) is 0.405. The maximum Gasteiger partial charge on any atom is 0.278 e. The van der Waals surface area contributed by atoms with Crippen LogP contribution >= 0.6 is 11.6 Å². The number of benzene rings is 2. The van der Waals surface area contributed by atoms with E-state index in [1.54, 1.807) is 73.2 Å². The molecule has 5 rings (SSSR count). The average molecular weight is 468 g/mol. The number of fused-ring (bicyclic) bond motifs is 1. The number of carbonyl (C=O) groups excluding carboxylic acids is 1. The first-order valence-corrected chi connectivity index (χ1v) is 10.9. The van der Waals surface area contributed by atoms with Crippen molar-refractivity contribution in [1.29, 1.82) is 0 Å². The van der Waals surface area contributed by atoms with Crippen molar-refractivity contribution < 1.29 is 4.79 Å². The first-order chi connectivity index (χ1) is 16.6. The van der Waals surface area contributed by atoms with Gasteiger partial charge in [0.15, 0.2) is 5.65 Å². The van der Waals surface area contributed by atoms with E-state index in [4.69, 9.17) is 11.6 Å². The normalized spacial score (nSPS) is 10.9. The third-order valence-corrected chi connectivity index (χ3v) is 5.59. The Labute approximate surface area is 199 Å². The molecule has 1 N–H and O–H groups in total. The maximum absolute atomic E-state index is 13.5. The van der Waals surface area contributed by atoms with Gasteiger partial charge in [-0.15, -0.1) is 0 Å². The molecule has 0 unspecified atom stereocenters. The monoisotopic (exact) mass is 467 g/mol. The van der Waals surface area contributed by atoms with Gasteiger partial charge in [0.05, 0.1) is 16.3 Å². The highest BCUT2D eigenvalue weighted by molar-refractivity contribution is 6.34. The molecule has 0 aliphatic carbocycles. The summed E-state index contributed by atoms with van der Waals surface area (Å²) < 4.78 is 1.51. The number of aromatic nitrogens is 4. The summed E-state index contributed by atoms with van der Waals surface area (Å²) in [5, 5.41) is 3.21. The van der Waals surface area contributed by atoms with Crippen LogP contribution in [0, 0.1) is 0 Å². The molecule has 2 aromatic carbocycles. The minimum absolute atomic E-state index is 0.287. The molecule has 1 amide bonds. The first-order valence-electron chi connectivity index (χ1n) is 10.5. The van der Waals surface area contributed by atoms with Gasteiger partial charge in [-0.3, -0.25) is 19.1 Å². The number of hydrogen-bond acceptors (Lipinski definition) is 5. The Morgan fingerprint density at radius 2 is 1.82 bits per heavy atom. The second-order valence-electron chi connectivity index (χ2n) is 7.57. The smallest absolute Gasteiger partial charge is 0.278 e. The standard InChI is InChI=1S/C26H18ClN5O2/c27-21-10-2-1-9-20(21)25(33)30-18-7-3-8-19(15-18)32-24-22(11-5-13-29-24)31-23(26(32)34)14-17-6-4-12-28-16-17/h1-13,15-16H,14H2,(H,30,33). The van der Waals surface area contributed by atoms with Crippen molar-refractivity contribution in [3.63, 3.8) is 0 Å². The molecule has 0 fully saturated rings. The molecule has 0 saturated carbocycles. The minimum atomic E-state index is -0.343. The van der Waals surface area contributed by atoms with Crippen molar-refractivity contribution in [2.45, 2.75) is 6.42 Å². The van der Waals surface area contributed by atoms with Gasteiger partial charge >= 0.3 is 0 Å². The zero-order valence-electron chi connectivity index (χ0n) is 17.9. The molecule has 166 valence electrons. The van der Waals surface area contributed by atoms with Crippen LogP contribution in [0.3, 0.4) is 0 Å². The Morgan fingerprint density at radius 1 is 0.971 bits per heavy atom. The lowest BCUT2D eigenvalue weighted by Gasteiger charge is -2.13. The predicted molar refractivity (Wildman–Crippen MR) is 132 cm³/mol. The van der Waals surface area contributed by atoms with Gasteiger partial charge < -0.3 is 5.32 Å². The van der Waals surface area contributed by atoms with E-state index < -0.39 is 0 Å². The van der Waals surface area contributed by atoms with Crippen molar-refractivity contribution in [3.8, 4) is 5.69 Å². The van der Waals surface area contributed by atoms with Crippen LogP contribution in [0.1, 0.15) is 21.6 Å². The second-order valence-corrected chi connectivity index (χ2v) is 7.97. The van der Waals surface area contributed by atoms with Gasteiger partial charge in [0, 0.05) is 30.7 Å². The fourth-order valence-electron chi connectivity index (χ4n) is 3.68. The number of carbonyl (C=O) groups is 1. The molecule has 0 radical (unpaired) electrons. The van der Waals surface area contributed by atoms with Crippen LogP contribution < -0.4 is 10.9 Å². The third-order valence-electron chi connectivity index (χ3n) is 5.26. The summed E-state index contributed by atoms with van der Waals surface area (Å²) in [6, 6.07) is 21.1. The van der Waals surface area contributed by atoms with E-state index in [1.807, 2.05) is 18.2 Å². The SMILES string of the molecule is O=C(Nc1cccc(-n2c(=O)c(Cc3cccnc3)nc3cccnc32)c1)c1ccccc1Cl. The van der Waals surface area contributed by atoms with E-state index >= 15 is 0 Å². The van der Waals surface area contributed by atoms with Crippen molar-refractivity contribution in [3.05, 3.63) is 124 Å². The van der Waals surface area contributed by atoms with Gasteiger partial charge in [0.2, 0.25) is 0 Å². The number of halogens is 1. The molecule has 0 aliphatic rings.